The zero-order valence-electron chi connectivity index (χ0n) is 13.9. The Morgan fingerprint density at radius 1 is 1.00 bits per heavy atom. The predicted molar refractivity (Wildman–Crippen MR) is 96.0 cm³/mol. The summed E-state index contributed by atoms with van der Waals surface area (Å²) in [5.74, 6) is 0.977. The number of hydrogen-bond donors (Lipinski definition) is 1. The van der Waals surface area contributed by atoms with Gasteiger partial charge in [0.1, 0.15) is 11.6 Å². The number of fused-ring (bicyclic) bond motifs is 1. The van der Waals surface area contributed by atoms with Crippen molar-refractivity contribution < 1.29 is 13.2 Å². The Kier molecular flexibility index (Phi) is 3.84. The summed E-state index contributed by atoms with van der Waals surface area (Å²) in [7, 11) is 0. The quantitative estimate of drug-likeness (QED) is 0.614. The molecule has 3 nitrogen and oxygen atoms in total. The Morgan fingerprint density at radius 2 is 1.69 bits per heavy atom. The zero-order valence-corrected chi connectivity index (χ0v) is 14.6. The molecule has 0 bridgehead atoms. The Bertz CT molecular complexity index is 997. The van der Waals surface area contributed by atoms with Crippen LogP contribution in [0.2, 0.25) is 5.02 Å². The van der Waals surface area contributed by atoms with Crippen LogP contribution in [-0.2, 0) is 5.41 Å². The SMILES string of the molecule is Cc1nc(Nc2ccc3cccc(Cl)c3n2)ccc1C1(C(F)(F)F)CC1. The van der Waals surface area contributed by atoms with Gasteiger partial charge in [0.15, 0.2) is 0 Å². The number of para-hydroxylation sites is 1. The summed E-state index contributed by atoms with van der Waals surface area (Å²) in [6.07, 6.45) is -4.00. The molecule has 4 rings (SSSR count). The summed E-state index contributed by atoms with van der Waals surface area (Å²) in [5.41, 5.74) is -0.438. The molecule has 0 radical (unpaired) electrons. The molecule has 1 saturated carbocycles. The first-order valence-corrected chi connectivity index (χ1v) is 8.55. The van der Waals surface area contributed by atoms with E-state index in [1.807, 2.05) is 18.2 Å². The first-order valence-electron chi connectivity index (χ1n) is 8.17. The molecule has 0 atom stereocenters. The average Bonchev–Trinajstić information content (AvgIpc) is 3.37. The molecular weight excluding hydrogens is 363 g/mol. The number of nitrogens with zero attached hydrogens (tertiary/aromatic N) is 2. The molecule has 0 aliphatic heterocycles. The van der Waals surface area contributed by atoms with Crippen LogP contribution in [0.4, 0.5) is 24.8 Å². The topological polar surface area (TPSA) is 37.8 Å². The van der Waals surface area contributed by atoms with Gasteiger partial charge in [0, 0.05) is 11.1 Å². The highest BCUT2D eigenvalue weighted by molar-refractivity contribution is 6.35. The third-order valence-electron chi connectivity index (χ3n) is 4.82. The minimum atomic E-state index is -4.25. The third-order valence-corrected chi connectivity index (χ3v) is 5.13. The fraction of sp³-hybridized carbons (Fsp3) is 0.263. The molecule has 1 N–H and O–H groups in total. The second kappa shape index (κ2) is 5.84. The number of benzene rings is 1. The Labute approximate surface area is 153 Å². The molecule has 0 unspecified atom stereocenters. The number of aromatic nitrogens is 2. The summed E-state index contributed by atoms with van der Waals surface area (Å²) in [5, 5.41) is 4.48. The zero-order chi connectivity index (χ0) is 18.5. The van der Waals surface area contributed by atoms with E-state index in [9.17, 15) is 13.2 Å². The van der Waals surface area contributed by atoms with Crippen molar-refractivity contribution in [3.63, 3.8) is 0 Å². The number of alkyl halides is 3. The van der Waals surface area contributed by atoms with Gasteiger partial charge in [-0.3, -0.25) is 0 Å². The lowest BCUT2D eigenvalue weighted by molar-refractivity contribution is -0.160. The van der Waals surface area contributed by atoms with E-state index in [-0.39, 0.29) is 18.4 Å². The lowest BCUT2D eigenvalue weighted by Gasteiger charge is -2.21. The van der Waals surface area contributed by atoms with Crippen LogP contribution in [0.25, 0.3) is 10.9 Å². The second-order valence-corrected chi connectivity index (χ2v) is 6.95. The Morgan fingerprint density at radius 3 is 2.35 bits per heavy atom. The molecule has 2 heterocycles. The number of anilines is 2. The monoisotopic (exact) mass is 377 g/mol. The van der Waals surface area contributed by atoms with Crippen LogP contribution in [0.15, 0.2) is 42.5 Å². The van der Waals surface area contributed by atoms with E-state index in [4.69, 9.17) is 11.6 Å². The summed E-state index contributed by atoms with van der Waals surface area (Å²) in [4.78, 5) is 8.77. The molecule has 0 spiro atoms. The smallest absolute Gasteiger partial charge is 0.325 e. The maximum absolute atomic E-state index is 13.3. The summed E-state index contributed by atoms with van der Waals surface area (Å²) < 4.78 is 40.0. The van der Waals surface area contributed by atoms with Gasteiger partial charge >= 0.3 is 6.18 Å². The van der Waals surface area contributed by atoms with Crippen LogP contribution in [0.5, 0.6) is 0 Å². The van der Waals surface area contributed by atoms with E-state index in [2.05, 4.69) is 15.3 Å². The predicted octanol–water partition coefficient (Wildman–Crippen LogP) is 5.93. The van der Waals surface area contributed by atoms with Crippen LogP contribution in [0.1, 0.15) is 24.1 Å². The van der Waals surface area contributed by atoms with Gasteiger partial charge in [-0.1, -0.05) is 29.8 Å². The van der Waals surface area contributed by atoms with Crippen LogP contribution in [0, 0.1) is 6.92 Å². The van der Waals surface area contributed by atoms with Crippen molar-refractivity contribution in [3.8, 4) is 0 Å². The van der Waals surface area contributed by atoms with Crippen molar-refractivity contribution in [2.45, 2.75) is 31.4 Å². The van der Waals surface area contributed by atoms with Gasteiger partial charge in [-0.15, -0.1) is 0 Å². The van der Waals surface area contributed by atoms with Gasteiger partial charge in [-0.05, 0) is 49.6 Å². The Balaban J connectivity index is 1.64. The summed E-state index contributed by atoms with van der Waals surface area (Å²) in [6.45, 7) is 1.61. The number of pyridine rings is 2. The molecule has 1 aromatic carbocycles. The van der Waals surface area contributed by atoms with Crippen molar-refractivity contribution in [1.82, 2.24) is 9.97 Å². The Hall–Kier alpha value is -2.34. The van der Waals surface area contributed by atoms with Crippen LogP contribution >= 0.6 is 11.6 Å². The fourth-order valence-electron chi connectivity index (χ4n) is 3.28. The van der Waals surface area contributed by atoms with Gasteiger partial charge < -0.3 is 5.32 Å². The number of aryl methyl sites for hydroxylation is 1. The van der Waals surface area contributed by atoms with E-state index in [0.717, 1.165) is 5.39 Å². The maximum atomic E-state index is 13.3. The largest absolute Gasteiger partial charge is 0.398 e. The second-order valence-electron chi connectivity index (χ2n) is 6.54. The standard InChI is InChI=1S/C19H15ClF3N3/c1-11-13(18(9-10-18)19(21,22)23)6-8-15(24-11)25-16-7-5-12-3-2-4-14(20)17(12)26-16/h2-8H,9-10H2,1H3,(H,24,25,26). The molecule has 1 fully saturated rings. The molecule has 3 aromatic rings. The van der Waals surface area contributed by atoms with E-state index in [1.54, 1.807) is 25.1 Å². The maximum Gasteiger partial charge on any atom is 0.398 e. The lowest BCUT2D eigenvalue weighted by Crippen LogP contribution is -2.29. The van der Waals surface area contributed by atoms with Crippen LogP contribution in [0.3, 0.4) is 0 Å². The third kappa shape index (κ3) is 2.78. The molecule has 1 aliphatic carbocycles. The number of hydrogen-bond acceptors (Lipinski definition) is 3. The van der Waals surface area contributed by atoms with Crippen molar-refractivity contribution in [3.05, 3.63) is 58.7 Å². The van der Waals surface area contributed by atoms with Gasteiger partial charge in [0.2, 0.25) is 0 Å². The van der Waals surface area contributed by atoms with Crippen molar-refractivity contribution in [1.29, 1.82) is 0 Å². The van der Waals surface area contributed by atoms with Gasteiger partial charge in [0.25, 0.3) is 0 Å². The minimum Gasteiger partial charge on any atom is -0.325 e. The number of rotatable bonds is 3. The van der Waals surface area contributed by atoms with Gasteiger partial charge in [-0.2, -0.15) is 13.2 Å². The highest BCUT2D eigenvalue weighted by atomic mass is 35.5. The highest BCUT2D eigenvalue weighted by Gasteiger charge is 2.64. The molecule has 7 heteroatoms. The van der Waals surface area contributed by atoms with Crippen molar-refractivity contribution in [2.24, 2.45) is 0 Å². The normalized spacial score (nSPS) is 15.9. The first kappa shape index (κ1) is 17.1. The minimum absolute atomic E-state index is 0.122. The number of halogens is 4. The summed E-state index contributed by atoms with van der Waals surface area (Å²) in [6, 6.07) is 12.2. The van der Waals surface area contributed by atoms with Crippen LogP contribution < -0.4 is 5.32 Å². The molecule has 26 heavy (non-hydrogen) atoms. The first-order chi connectivity index (χ1) is 12.3. The fourth-order valence-corrected chi connectivity index (χ4v) is 3.50. The molecule has 1 aliphatic rings. The summed E-state index contributed by atoms with van der Waals surface area (Å²) >= 11 is 6.17. The lowest BCUT2D eigenvalue weighted by atomic mass is 9.94. The van der Waals surface area contributed by atoms with E-state index in [0.29, 0.717) is 27.9 Å². The van der Waals surface area contributed by atoms with Gasteiger partial charge in [0.05, 0.1) is 16.0 Å². The van der Waals surface area contributed by atoms with Crippen molar-refractivity contribution in [2.75, 3.05) is 5.32 Å². The highest BCUT2D eigenvalue weighted by Crippen LogP contribution is 2.59. The molecule has 0 amide bonds. The van der Waals surface area contributed by atoms with Crippen LogP contribution in [-0.4, -0.2) is 16.1 Å². The molecule has 0 saturated heterocycles. The molecule has 2 aromatic heterocycles. The van der Waals surface area contributed by atoms with E-state index in [1.165, 1.54) is 6.07 Å². The van der Waals surface area contributed by atoms with Crippen molar-refractivity contribution >= 4 is 34.1 Å². The molecule has 134 valence electrons. The van der Waals surface area contributed by atoms with E-state index >= 15 is 0 Å². The van der Waals surface area contributed by atoms with Gasteiger partial charge in [-0.25, -0.2) is 9.97 Å². The number of nitrogens with one attached hydrogen (secondary N) is 1. The molecular formula is C19H15ClF3N3. The average molecular weight is 378 g/mol. The van der Waals surface area contributed by atoms with E-state index < -0.39 is 11.6 Å².